The Hall–Kier alpha value is -1.93. The molecular weight excluding hydrogens is 271 g/mol. The van der Waals surface area contributed by atoms with Crippen LogP contribution in [0.2, 0.25) is 0 Å². The predicted octanol–water partition coefficient (Wildman–Crippen LogP) is 2.77. The number of carboxylic acids is 1. The Kier molecular flexibility index (Phi) is 5.29. The number of carboxylic acid groups (broad SMARTS) is 1. The molecule has 0 saturated carbocycles. The molecule has 0 bridgehead atoms. The molecule has 0 amide bonds. The van der Waals surface area contributed by atoms with Crippen LogP contribution in [0, 0.1) is 23.1 Å². The average Bonchev–Trinajstić information content (AvgIpc) is 2.48. The molecule has 1 aliphatic heterocycles. The van der Waals surface area contributed by atoms with Gasteiger partial charge in [-0.3, -0.25) is 9.69 Å². The second-order valence-corrected chi connectivity index (χ2v) is 5.58. The largest absolute Gasteiger partial charge is 0.481 e. The van der Waals surface area contributed by atoms with Crippen LogP contribution in [-0.2, 0) is 11.3 Å². The van der Waals surface area contributed by atoms with Gasteiger partial charge >= 0.3 is 5.97 Å². The number of nitrogens with zero attached hydrogens (tertiary/aromatic N) is 2. The number of hydrogen-bond donors (Lipinski definition) is 1. The molecule has 2 rings (SSSR count). The number of rotatable bonds is 5. The summed E-state index contributed by atoms with van der Waals surface area (Å²) in [5.41, 5.74) is 1.03. The zero-order valence-electron chi connectivity index (χ0n) is 11.9. The summed E-state index contributed by atoms with van der Waals surface area (Å²) in [5, 5.41) is 17.5. The first-order valence-electron chi connectivity index (χ1n) is 7.21. The second-order valence-electron chi connectivity index (χ2n) is 5.58. The SMILES string of the molecule is N#Cc1cc(CN2CCC(CCC(=O)O)CC2)ccc1F. The highest BCUT2D eigenvalue weighted by Crippen LogP contribution is 2.23. The predicted molar refractivity (Wildman–Crippen MR) is 76.0 cm³/mol. The lowest BCUT2D eigenvalue weighted by Gasteiger charge is -2.31. The fraction of sp³-hybridized carbons (Fsp3) is 0.500. The summed E-state index contributed by atoms with van der Waals surface area (Å²) in [4.78, 5) is 12.8. The number of nitriles is 1. The summed E-state index contributed by atoms with van der Waals surface area (Å²) in [6, 6.07) is 6.52. The highest BCUT2D eigenvalue weighted by Gasteiger charge is 2.20. The summed E-state index contributed by atoms with van der Waals surface area (Å²) in [6.45, 7) is 2.55. The summed E-state index contributed by atoms with van der Waals surface area (Å²) in [5.74, 6) is -0.721. The van der Waals surface area contributed by atoms with Crippen LogP contribution in [0.5, 0.6) is 0 Å². The van der Waals surface area contributed by atoms with Gasteiger partial charge in [0.15, 0.2) is 0 Å². The van der Waals surface area contributed by atoms with E-state index in [1.54, 1.807) is 12.1 Å². The second kappa shape index (κ2) is 7.19. The minimum Gasteiger partial charge on any atom is -0.481 e. The quantitative estimate of drug-likeness (QED) is 0.905. The number of aliphatic carboxylic acids is 1. The van der Waals surface area contributed by atoms with Gasteiger partial charge in [0.1, 0.15) is 11.9 Å². The third-order valence-corrected chi connectivity index (χ3v) is 4.03. The van der Waals surface area contributed by atoms with Crippen molar-refractivity contribution >= 4 is 5.97 Å². The lowest BCUT2D eigenvalue weighted by Crippen LogP contribution is -2.33. The van der Waals surface area contributed by atoms with Gasteiger partial charge < -0.3 is 5.11 Å². The molecule has 0 aromatic heterocycles. The van der Waals surface area contributed by atoms with E-state index in [4.69, 9.17) is 10.4 Å². The van der Waals surface area contributed by atoms with E-state index in [0.717, 1.165) is 37.9 Å². The maximum absolute atomic E-state index is 13.3. The van der Waals surface area contributed by atoms with Gasteiger partial charge in [-0.2, -0.15) is 5.26 Å². The van der Waals surface area contributed by atoms with Crippen LogP contribution in [0.15, 0.2) is 18.2 Å². The summed E-state index contributed by atoms with van der Waals surface area (Å²) in [7, 11) is 0. The van der Waals surface area contributed by atoms with E-state index in [9.17, 15) is 9.18 Å². The molecular formula is C16H19FN2O2. The first-order valence-corrected chi connectivity index (χ1v) is 7.21. The van der Waals surface area contributed by atoms with Gasteiger partial charge in [0.25, 0.3) is 0 Å². The molecule has 0 aliphatic carbocycles. The first kappa shape index (κ1) is 15.5. The summed E-state index contributed by atoms with van der Waals surface area (Å²) in [6.07, 6.45) is 2.99. The molecule has 1 saturated heterocycles. The lowest BCUT2D eigenvalue weighted by molar-refractivity contribution is -0.137. The Morgan fingerprint density at radius 3 is 2.76 bits per heavy atom. The van der Waals surface area contributed by atoms with Gasteiger partial charge in [0.2, 0.25) is 0 Å². The molecule has 4 nitrogen and oxygen atoms in total. The molecule has 0 radical (unpaired) electrons. The molecule has 112 valence electrons. The minimum atomic E-state index is -0.729. The molecule has 0 unspecified atom stereocenters. The van der Waals surface area contributed by atoms with Crippen molar-refractivity contribution in [2.75, 3.05) is 13.1 Å². The van der Waals surface area contributed by atoms with Crippen molar-refractivity contribution in [2.45, 2.75) is 32.2 Å². The van der Waals surface area contributed by atoms with E-state index in [0.29, 0.717) is 12.5 Å². The normalized spacial score (nSPS) is 16.6. The highest BCUT2D eigenvalue weighted by atomic mass is 19.1. The summed E-state index contributed by atoms with van der Waals surface area (Å²) >= 11 is 0. The number of benzene rings is 1. The van der Waals surface area contributed by atoms with Crippen molar-refractivity contribution in [1.82, 2.24) is 4.90 Å². The topological polar surface area (TPSA) is 64.3 Å². The van der Waals surface area contributed by atoms with Crippen molar-refractivity contribution in [3.63, 3.8) is 0 Å². The molecule has 5 heteroatoms. The van der Waals surface area contributed by atoms with Crippen LogP contribution in [-0.4, -0.2) is 29.1 Å². The van der Waals surface area contributed by atoms with Crippen LogP contribution in [0.25, 0.3) is 0 Å². The van der Waals surface area contributed by atoms with Crippen LogP contribution in [0.3, 0.4) is 0 Å². The van der Waals surface area contributed by atoms with E-state index in [1.807, 2.05) is 6.07 Å². The molecule has 1 aromatic carbocycles. The van der Waals surface area contributed by atoms with Gasteiger partial charge in [-0.05, 0) is 56.0 Å². The van der Waals surface area contributed by atoms with E-state index in [1.165, 1.54) is 6.07 Å². The Bertz CT molecular complexity index is 546. The Morgan fingerprint density at radius 2 is 2.14 bits per heavy atom. The Labute approximate surface area is 123 Å². The van der Waals surface area contributed by atoms with Crippen LogP contribution >= 0.6 is 0 Å². The molecule has 1 fully saturated rings. The van der Waals surface area contributed by atoms with Crippen molar-refractivity contribution in [3.8, 4) is 6.07 Å². The van der Waals surface area contributed by atoms with Crippen molar-refractivity contribution in [2.24, 2.45) is 5.92 Å². The van der Waals surface area contributed by atoms with Crippen molar-refractivity contribution in [3.05, 3.63) is 35.1 Å². The monoisotopic (exact) mass is 290 g/mol. The third kappa shape index (κ3) is 4.54. The number of piperidine rings is 1. The molecule has 0 atom stereocenters. The van der Waals surface area contributed by atoms with Gasteiger partial charge in [-0.1, -0.05) is 6.07 Å². The average molecular weight is 290 g/mol. The van der Waals surface area contributed by atoms with Crippen molar-refractivity contribution in [1.29, 1.82) is 5.26 Å². The van der Waals surface area contributed by atoms with Crippen LogP contribution in [0.1, 0.15) is 36.8 Å². The molecule has 1 aliphatic rings. The van der Waals surface area contributed by atoms with E-state index in [-0.39, 0.29) is 12.0 Å². The zero-order chi connectivity index (χ0) is 15.2. The fourth-order valence-corrected chi connectivity index (χ4v) is 2.78. The maximum Gasteiger partial charge on any atom is 0.303 e. The highest BCUT2D eigenvalue weighted by molar-refractivity contribution is 5.66. The number of hydrogen-bond acceptors (Lipinski definition) is 3. The van der Waals surface area contributed by atoms with Crippen molar-refractivity contribution < 1.29 is 14.3 Å². The third-order valence-electron chi connectivity index (χ3n) is 4.03. The standard InChI is InChI=1S/C16H19FN2O2/c17-15-3-1-13(9-14(15)10-18)11-19-7-5-12(6-8-19)2-4-16(20)21/h1,3,9,12H,2,4-8,11H2,(H,20,21). The minimum absolute atomic E-state index is 0.0869. The van der Waals surface area contributed by atoms with Gasteiger partial charge in [0.05, 0.1) is 5.56 Å². The number of halogens is 1. The van der Waals surface area contributed by atoms with Gasteiger partial charge in [-0.25, -0.2) is 4.39 Å². The molecule has 1 heterocycles. The molecule has 1 N–H and O–H groups in total. The molecule has 1 aromatic rings. The Morgan fingerprint density at radius 1 is 1.43 bits per heavy atom. The number of carbonyl (C=O) groups is 1. The number of likely N-dealkylation sites (tertiary alicyclic amines) is 1. The Balaban J connectivity index is 1.83. The van der Waals surface area contributed by atoms with Crippen LogP contribution < -0.4 is 0 Å². The summed E-state index contributed by atoms with van der Waals surface area (Å²) < 4.78 is 13.3. The smallest absolute Gasteiger partial charge is 0.303 e. The first-order chi connectivity index (χ1) is 10.1. The van der Waals surface area contributed by atoms with E-state index >= 15 is 0 Å². The fourth-order valence-electron chi connectivity index (χ4n) is 2.78. The lowest BCUT2D eigenvalue weighted by atomic mass is 9.92. The van der Waals surface area contributed by atoms with Gasteiger partial charge in [0, 0.05) is 13.0 Å². The molecule has 21 heavy (non-hydrogen) atoms. The van der Waals surface area contributed by atoms with Crippen LogP contribution in [0.4, 0.5) is 4.39 Å². The maximum atomic E-state index is 13.3. The van der Waals surface area contributed by atoms with E-state index < -0.39 is 11.8 Å². The van der Waals surface area contributed by atoms with E-state index in [2.05, 4.69) is 4.90 Å². The zero-order valence-corrected chi connectivity index (χ0v) is 11.9. The molecule has 0 spiro atoms. The van der Waals surface area contributed by atoms with Gasteiger partial charge in [-0.15, -0.1) is 0 Å².